The third-order valence-electron chi connectivity index (χ3n) is 2.56. The lowest BCUT2D eigenvalue weighted by atomic mass is 10.4. The summed E-state index contributed by atoms with van der Waals surface area (Å²) in [6, 6.07) is 0. The normalized spacial score (nSPS) is 10.7. The van der Waals surface area contributed by atoms with E-state index in [1.165, 1.54) is 0 Å². The van der Waals surface area contributed by atoms with E-state index in [9.17, 15) is 0 Å². The molecule has 0 aliphatic rings. The Labute approximate surface area is 110 Å². The summed E-state index contributed by atoms with van der Waals surface area (Å²) in [5, 5.41) is 33.9. The predicted molar refractivity (Wildman–Crippen MR) is 72.6 cm³/mol. The van der Waals surface area contributed by atoms with E-state index in [1.807, 2.05) is 0 Å². The maximum absolute atomic E-state index is 8.48. The monoisotopic (exact) mass is 266 g/mol. The van der Waals surface area contributed by atoms with Crippen LogP contribution in [0.15, 0.2) is 0 Å². The smallest absolute Gasteiger partial charge is 0.0558 e. The average molecular weight is 266 g/mol. The van der Waals surface area contributed by atoms with Crippen molar-refractivity contribution in [3.05, 3.63) is 0 Å². The highest BCUT2D eigenvalue weighted by atomic mass is 16.3. The van der Waals surface area contributed by atoms with Gasteiger partial charge in [-0.2, -0.15) is 0 Å². The molecule has 0 saturated carbocycles. The van der Waals surface area contributed by atoms with E-state index in [0.29, 0.717) is 19.6 Å². The van der Waals surface area contributed by atoms with E-state index in [0.717, 1.165) is 19.6 Å². The maximum Gasteiger partial charge on any atom is 0.0558 e. The molecule has 6 nitrogen and oxygen atoms in total. The van der Waals surface area contributed by atoms with Crippen LogP contribution in [0.5, 0.6) is 0 Å². The van der Waals surface area contributed by atoms with E-state index in [4.69, 9.17) is 20.4 Å². The lowest BCUT2D eigenvalue weighted by Gasteiger charge is -2.17. The van der Waals surface area contributed by atoms with E-state index in [1.54, 1.807) is 4.90 Å². The molecular weight excluding hydrogens is 236 g/mol. The van der Waals surface area contributed by atoms with Crippen molar-refractivity contribution < 1.29 is 20.4 Å². The van der Waals surface area contributed by atoms with Crippen LogP contribution < -0.4 is 0 Å². The van der Waals surface area contributed by atoms with E-state index >= 15 is 0 Å². The third-order valence-corrected chi connectivity index (χ3v) is 2.56. The third kappa shape index (κ3) is 13.8. The number of nitrogens with zero attached hydrogens (tertiary/aromatic N) is 2. The van der Waals surface area contributed by atoms with Crippen molar-refractivity contribution in [1.82, 2.24) is 9.80 Å². The number of likely N-dealkylation sites (N-methyl/N-ethyl adjacent to an activating group) is 1. The van der Waals surface area contributed by atoms with Crippen LogP contribution >= 0.6 is 0 Å². The van der Waals surface area contributed by atoms with Crippen LogP contribution in [0.2, 0.25) is 0 Å². The van der Waals surface area contributed by atoms with E-state index in [-0.39, 0.29) is 26.4 Å². The summed E-state index contributed by atoms with van der Waals surface area (Å²) in [5.74, 6) is 0. The first-order valence-corrected chi connectivity index (χ1v) is 6.58. The minimum atomic E-state index is 0.0694. The first-order valence-electron chi connectivity index (χ1n) is 6.58. The molecule has 18 heavy (non-hydrogen) atoms. The van der Waals surface area contributed by atoms with Gasteiger partial charge in [-0.1, -0.05) is 13.8 Å². The highest BCUT2D eigenvalue weighted by molar-refractivity contribution is 4.54. The summed E-state index contributed by atoms with van der Waals surface area (Å²) in [6.45, 7) is 9.12. The molecule has 0 heterocycles. The Morgan fingerprint density at radius 1 is 0.556 bits per heavy atom. The second kappa shape index (κ2) is 16.8. The van der Waals surface area contributed by atoms with Gasteiger partial charge in [-0.25, -0.2) is 0 Å². The van der Waals surface area contributed by atoms with Crippen LogP contribution in [0.3, 0.4) is 0 Å². The van der Waals surface area contributed by atoms with E-state index in [2.05, 4.69) is 18.7 Å². The van der Waals surface area contributed by atoms with Gasteiger partial charge < -0.3 is 25.3 Å². The Morgan fingerprint density at radius 3 is 1.00 bits per heavy atom. The van der Waals surface area contributed by atoms with Crippen molar-refractivity contribution in [2.75, 3.05) is 65.7 Å². The Kier molecular flexibility index (Phi) is 18.7. The van der Waals surface area contributed by atoms with Crippen LogP contribution in [0.1, 0.15) is 13.8 Å². The van der Waals surface area contributed by atoms with Crippen LogP contribution in [0.4, 0.5) is 0 Å². The molecule has 6 heteroatoms. The zero-order valence-electron chi connectivity index (χ0n) is 11.8. The van der Waals surface area contributed by atoms with Gasteiger partial charge in [0, 0.05) is 26.2 Å². The molecule has 0 aromatic carbocycles. The van der Waals surface area contributed by atoms with Crippen LogP contribution in [-0.4, -0.2) is 95.9 Å². The molecule has 0 aromatic heterocycles. The Hall–Kier alpha value is -0.240. The summed E-state index contributed by atoms with van der Waals surface area (Å²) in [6.07, 6.45) is 0. The molecule has 0 bridgehead atoms. The quantitative estimate of drug-likeness (QED) is 0.388. The fourth-order valence-corrected chi connectivity index (χ4v) is 1.44. The molecule has 4 N–H and O–H groups in total. The molecule has 0 fully saturated rings. The molecule has 0 aromatic rings. The molecule has 0 aliphatic heterocycles. The zero-order valence-corrected chi connectivity index (χ0v) is 11.8. The minimum absolute atomic E-state index is 0.0694. The van der Waals surface area contributed by atoms with Crippen LogP contribution in [0, 0.1) is 0 Å². The van der Waals surface area contributed by atoms with Crippen LogP contribution in [0.25, 0.3) is 0 Å². The Morgan fingerprint density at radius 2 is 0.833 bits per heavy atom. The lowest BCUT2D eigenvalue weighted by molar-refractivity contribution is 0.136. The first-order chi connectivity index (χ1) is 8.69. The topological polar surface area (TPSA) is 87.4 Å². The summed E-state index contributed by atoms with van der Waals surface area (Å²) in [7, 11) is 0. The van der Waals surface area contributed by atoms with Crippen molar-refractivity contribution in [2.24, 2.45) is 0 Å². The number of aliphatic hydroxyl groups excluding tert-OH is 4. The van der Waals surface area contributed by atoms with Crippen LogP contribution in [-0.2, 0) is 0 Å². The summed E-state index contributed by atoms with van der Waals surface area (Å²) in [5.41, 5.74) is 0. The van der Waals surface area contributed by atoms with Gasteiger partial charge in [0.2, 0.25) is 0 Å². The SMILES string of the molecule is CCN(CC)CCO.OCCN(CCO)CCO. The molecule has 0 saturated heterocycles. The molecule has 112 valence electrons. The Bertz CT molecular complexity index is 132. The molecule has 0 spiro atoms. The number of hydrogen-bond acceptors (Lipinski definition) is 6. The second-order valence-corrected chi connectivity index (χ2v) is 3.76. The van der Waals surface area contributed by atoms with Gasteiger partial charge in [-0.3, -0.25) is 4.90 Å². The fraction of sp³-hybridized carbons (Fsp3) is 1.00. The van der Waals surface area contributed by atoms with Crippen molar-refractivity contribution in [1.29, 1.82) is 0 Å². The molecule has 0 unspecified atom stereocenters. The van der Waals surface area contributed by atoms with Crippen molar-refractivity contribution in [3.8, 4) is 0 Å². The largest absolute Gasteiger partial charge is 0.395 e. The molecule has 0 atom stereocenters. The minimum Gasteiger partial charge on any atom is -0.395 e. The molecular formula is C12H30N2O4. The average Bonchev–Trinajstić information content (AvgIpc) is 2.38. The van der Waals surface area contributed by atoms with Gasteiger partial charge in [-0.05, 0) is 13.1 Å². The second-order valence-electron chi connectivity index (χ2n) is 3.76. The first kappa shape index (κ1) is 20.1. The number of rotatable bonds is 10. The van der Waals surface area contributed by atoms with Crippen molar-refractivity contribution in [2.45, 2.75) is 13.8 Å². The standard InChI is InChI=1S/C6H15NO3.C6H15NO/c8-4-1-7(2-5-9)3-6-10;1-3-7(4-2)5-6-8/h8-10H,1-6H2;8H,3-6H2,1-2H3. The molecule has 0 rings (SSSR count). The van der Waals surface area contributed by atoms with Gasteiger partial charge in [0.1, 0.15) is 0 Å². The number of aliphatic hydroxyl groups is 4. The van der Waals surface area contributed by atoms with Gasteiger partial charge in [0.25, 0.3) is 0 Å². The highest BCUT2D eigenvalue weighted by Crippen LogP contribution is 1.84. The fourth-order valence-electron chi connectivity index (χ4n) is 1.44. The lowest BCUT2D eigenvalue weighted by Crippen LogP contribution is -2.32. The summed E-state index contributed by atoms with van der Waals surface area (Å²) in [4.78, 5) is 3.97. The van der Waals surface area contributed by atoms with E-state index < -0.39 is 0 Å². The van der Waals surface area contributed by atoms with Gasteiger partial charge in [-0.15, -0.1) is 0 Å². The molecule has 0 amide bonds. The van der Waals surface area contributed by atoms with Gasteiger partial charge in [0.05, 0.1) is 26.4 Å². The van der Waals surface area contributed by atoms with Crippen molar-refractivity contribution >= 4 is 0 Å². The van der Waals surface area contributed by atoms with Gasteiger partial charge in [0.15, 0.2) is 0 Å². The van der Waals surface area contributed by atoms with Gasteiger partial charge >= 0.3 is 0 Å². The Balaban J connectivity index is 0. The zero-order chi connectivity index (χ0) is 14.2. The number of hydrogen-bond donors (Lipinski definition) is 4. The molecule has 0 aliphatic carbocycles. The summed E-state index contributed by atoms with van der Waals surface area (Å²) >= 11 is 0. The maximum atomic E-state index is 8.48. The van der Waals surface area contributed by atoms with Crippen molar-refractivity contribution in [3.63, 3.8) is 0 Å². The molecule has 0 radical (unpaired) electrons. The highest BCUT2D eigenvalue weighted by Gasteiger charge is 2.00. The predicted octanol–water partition coefficient (Wildman–Crippen LogP) is -1.41. The summed E-state index contributed by atoms with van der Waals surface area (Å²) < 4.78 is 0.